The summed E-state index contributed by atoms with van der Waals surface area (Å²) in [5, 5.41) is 16.2. The van der Waals surface area contributed by atoms with Crippen LogP contribution in [0.3, 0.4) is 0 Å². The molecule has 1 fully saturated rings. The molecule has 1 aromatic carbocycles. The maximum absolute atomic E-state index is 12.4. The normalized spacial score (nSPS) is 18.5. The van der Waals surface area contributed by atoms with Crippen LogP contribution in [0.5, 0.6) is 0 Å². The second-order valence-electron chi connectivity index (χ2n) is 7.29. The summed E-state index contributed by atoms with van der Waals surface area (Å²) in [4.78, 5) is 37.0. The summed E-state index contributed by atoms with van der Waals surface area (Å²) >= 11 is 0. The first kappa shape index (κ1) is 24.1. The minimum atomic E-state index is -5.08. The third kappa shape index (κ3) is 6.42. The highest BCUT2D eigenvalue weighted by molar-refractivity contribution is 5.84. The molecule has 3 N–H and O–H groups in total. The molecule has 2 aliphatic rings. The largest absolute Gasteiger partial charge is 0.490 e. The molecule has 0 aliphatic carbocycles. The van der Waals surface area contributed by atoms with Crippen molar-refractivity contribution in [3.63, 3.8) is 0 Å². The molecule has 2 amide bonds. The van der Waals surface area contributed by atoms with E-state index in [1.165, 1.54) is 11.1 Å². The number of rotatable bonds is 4. The highest BCUT2D eigenvalue weighted by atomic mass is 19.4. The Labute approximate surface area is 177 Å². The molecule has 0 saturated carbocycles. The van der Waals surface area contributed by atoms with Crippen LogP contribution in [0, 0.1) is 11.3 Å². The van der Waals surface area contributed by atoms with Gasteiger partial charge in [0.05, 0.1) is 12.1 Å². The number of hydrogen-bond donors (Lipinski definition) is 2. The van der Waals surface area contributed by atoms with Crippen molar-refractivity contribution in [1.29, 1.82) is 5.26 Å². The lowest BCUT2D eigenvalue weighted by Gasteiger charge is -2.23. The Morgan fingerprint density at radius 1 is 1.23 bits per heavy atom. The molecule has 8 nitrogen and oxygen atoms in total. The van der Waals surface area contributed by atoms with Crippen LogP contribution in [-0.4, -0.2) is 57.5 Å². The number of fused-ring (bicyclic) bond motifs is 1. The molecule has 1 aromatic rings. The van der Waals surface area contributed by atoms with Crippen molar-refractivity contribution in [3.8, 4) is 6.07 Å². The van der Waals surface area contributed by atoms with Gasteiger partial charge in [-0.3, -0.25) is 9.59 Å². The molecule has 2 atom stereocenters. The number of hydrogen-bond acceptors (Lipinski definition) is 5. The van der Waals surface area contributed by atoms with Crippen LogP contribution in [0.25, 0.3) is 0 Å². The van der Waals surface area contributed by atoms with Crippen molar-refractivity contribution < 1.29 is 32.7 Å². The van der Waals surface area contributed by atoms with Crippen LogP contribution in [0.1, 0.15) is 36.8 Å². The number of halogens is 3. The highest BCUT2D eigenvalue weighted by Gasteiger charge is 2.38. The first-order chi connectivity index (χ1) is 14.5. The molecule has 31 heavy (non-hydrogen) atoms. The van der Waals surface area contributed by atoms with E-state index in [-0.39, 0.29) is 24.3 Å². The maximum atomic E-state index is 12.4. The second-order valence-corrected chi connectivity index (χ2v) is 7.29. The molecule has 2 aliphatic heterocycles. The zero-order valence-corrected chi connectivity index (χ0v) is 16.6. The van der Waals surface area contributed by atoms with E-state index in [0.717, 1.165) is 6.42 Å². The number of alkyl halides is 3. The molecule has 0 bridgehead atoms. The number of benzene rings is 1. The van der Waals surface area contributed by atoms with Gasteiger partial charge in [-0.05, 0) is 30.4 Å². The van der Waals surface area contributed by atoms with Crippen LogP contribution >= 0.6 is 0 Å². The van der Waals surface area contributed by atoms with E-state index in [2.05, 4.69) is 6.07 Å². The quantitative estimate of drug-likeness (QED) is 0.735. The fourth-order valence-electron chi connectivity index (χ4n) is 3.45. The Kier molecular flexibility index (Phi) is 7.99. The minimum Gasteiger partial charge on any atom is -0.475 e. The van der Waals surface area contributed by atoms with Crippen LogP contribution in [0.15, 0.2) is 24.3 Å². The second kappa shape index (κ2) is 10.3. The number of nitrogens with two attached hydrogens (primary N) is 1. The maximum Gasteiger partial charge on any atom is 0.490 e. The molecule has 2 heterocycles. The van der Waals surface area contributed by atoms with Crippen molar-refractivity contribution in [3.05, 3.63) is 35.4 Å². The van der Waals surface area contributed by atoms with Crippen molar-refractivity contribution in [2.75, 3.05) is 6.54 Å². The van der Waals surface area contributed by atoms with Crippen LogP contribution < -0.4 is 5.73 Å². The van der Waals surface area contributed by atoms with E-state index in [9.17, 15) is 22.8 Å². The Morgan fingerprint density at radius 3 is 2.26 bits per heavy atom. The van der Waals surface area contributed by atoms with E-state index in [4.69, 9.17) is 20.9 Å². The van der Waals surface area contributed by atoms with Gasteiger partial charge in [0.1, 0.15) is 6.04 Å². The Hall–Kier alpha value is -3.13. The number of nitrogens with zero attached hydrogens (tertiary/aromatic N) is 3. The van der Waals surface area contributed by atoms with Gasteiger partial charge in [0.15, 0.2) is 0 Å². The molecule has 2 unspecified atom stereocenters. The third-order valence-electron chi connectivity index (χ3n) is 5.11. The zero-order chi connectivity index (χ0) is 23.2. The van der Waals surface area contributed by atoms with Crippen molar-refractivity contribution in [1.82, 2.24) is 9.80 Å². The van der Waals surface area contributed by atoms with Gasteiger partial charge in [-0.1, -0.05) is 24.3 Å². The van der Waals surface area contributed by atoms with Gasteiger partial charge in [-0.2, -0.15) is 18.4 Å². The monoisotopic (exact) mass is 440 g/mol. The number of nitriles is 1. The summed E-state index contributed by atoms with van der Waals surface area (Å²) in [6, 6.07) is 9.08. The number of carboxylic acid groups (broad SMARTS) is 1. The summed E-state index contributed by atoms with van der Waals surface area (Å²) in [5.74, 6) is -2.95. The summed E-state index contributed by atoms with van der Waals surface area (Å²) in [6.07, 6.45) is -2.97. The van der Waals surface area contributed by atoms with Gasteiger partial charge < -0.3 is 20.6 Å². The average molecular weight is 440 g/mol. The first-order valence-electron chi connectivity index (χ1n) is 9.65. The molecular formula is C20H23F3N4O4. The van der Waals surface area contributed by atoms with Crippen LogP contribution in [0.4, 0.5) is 13.2 Å². The number of carboxylic acids is 1. The van der Waals surface area contributed by atoms with Crippen molar-refractivity contribution in [2.45, 2.75) is 57.0 Å². The number of likely N-dealkylation sites (tertiary alicyclic amines) is 1. The zero-order valence-electron chi connectivity index (χ0n) is 16.6. The predicted molar refractivity (Wildman–Crippen MR) is 102 cm³/mol. The number of carbonyl (C=O) groups excluding carboxylic acids is 2. The topological polar surface area (TPSA) is 128 Å². The van der Waals surface area contributed by atoms with Gasteiger partial charge in [0.25, 0.3) is 0 Å². The standard InChI is InChI=1S/C18H22N4O2.C2HF3O2/c19-10-15-6-3-9-22(15)18(24)16(20)7-8-17(23)21-11-13-4-1-2-5-14(13)12-21;3-2(4,5)1(6)7/h1-2,4-5,15-16H,3,6-9,11-12,20H2;(H,6,7). The Bertz CT molecular complexity index is 844. The molecule has 168 valence electrons. The van der Waals surface area contributed by atoms with E-state index < -0.39 is 18.2 Å². The van der Waals surface area contributed by atoms with Crippen LogP contribution in [-0.2, 0) is 27.5 Å². The van der Waals surface area contributed by atoms with Gasteiger partial charge in [0.2, 0.25) is 11.8 Å². The Morgan fingerprint density at radius 2 is 1.77 bits per heavy atom. The summed E-state index contributed by atoms with van der Waals surface area (Å²) < 4.78 is 31.7. The van der Waals surface area contributed by atoms with Gasteiger partial charge in [-0.15, -0.1) is 0 Å². The summed E-state index contributed by atoms with van der Waals surface area (Å²) in [5.41, 5.74) is 8.34. The number of amides is 2. The lowest BCUT2D eigenvalue weighted by molar-refractivity contribution is -0.192. The van der Waals surface area contributed by atoms with E-state index >= 15 is 0 Å². The summed E-state index contributed by atoms with van der Waals surface area (Å²) in [6.45, 7) is 1.84. The molecule has 1 saturated heterocycles. The molecule has 0 spiro atoms. The fourth-order valence-corrected chi connectivity index (χ4v) is 3.45. The highest BCUT2D eigenvalue weighted by Crippen LogP contribution is 2.23. The lowest BCUT2D eigenvalue weighted by Crippen LogP contribution is -2.46. The average Bonchev–Trinajstić information content (AvgIpc) is 3.37. The van der Waals surface area contributed by atoms with Gasteiger partial charge in [0, 0.05) is 26.1 Å². The van der Waals surface area contributed by atoms with Gasteiger partial charge in [-0.25, -0.2) is 4.79 Å². The fraction of sp³-hybridized carbons (Fsp3) is 0.500. The Balaban J connectivity index is 0.000000423. The number of carbonyl (C=O) groups is 3. The first-order valence-corrected chi connectivity index (χ1v) is 9.65. The smallest absolute Gasteiger partial charge is 0.475 e. The van der Waals surface area contributed by atoms with Crippen molar-refractivity contribution >= 4 is 17.8 Å². The van der Waals surface area contributed by atoms with E-state index in [1.807, 2.05) is 24.3 Å². The molecular weight excluding hydrogens is 417 g/mol. The summed E-state index contributed by atoms with van der Waals surface area (Å²) in [7, 11) is 0. The molecule has 0 aromatic heterocycles. The van der Waals surface area contributed by atoms with Gasteiger partial charge >= 0.3 is 12.1 Å². The molecule has 0 radical (unpaired) electrons. The van der Waals surface area contributed by atoms with Crippen molar-refractivity contribution in [2.24, 2.45) is 5.73 Å². The number of aliphatic carboxylic acids is 1. The molecule has 3 rings (SSSR count). The van der Waals surface area contributed by atoms with E-state index in [1.54, 1.807) is 9.80 Å². The minimum absolute atomic E-state index is 0.0210. The SMILES string of the molecule is N#CC1CCCN1C(=O)C(N)CCC(=O)N1Cc2ccccc2C1.O=C(O)C(F)(F)F. The van der Waals surface area contributed by atoms with Crippen LogP contribution in [0.2, 0.25) is 0 Å². The third-order valence-corrected chi connectivity index (χ3v) is 5.11. The predicted octanol–water partition coefficient (Wildman–Crippen LogP) is 1.78. The van der Waals surface area contributed by atoms with E-state index in [0.29, 0.717) is 32.5 Å². The lowest BCUT2D eigenvalue weighted by atomic mass is 10.1. The molecule has 11 heteroatoms.